The van der Waals surface area contributed by atoms with Crippen LogP contribution in [-0.2, 0) is 6.42 Å². The maximum Gasteiger partial charge on any atom is 0.0798 e. The van der Waals surface area contributed by atoms with Crippen LogP contribution in [0.1, 0.15) is 37.3 Å². The molecule has 16 heavy (non-hydrogen) atoms. The molecule has 0 fully saturated rings. The van der Waals surface area contributed by atoms with Gasteiger partial charge in [-0.2, -0.15) is 0 Å². The van der Waals surface area contributed by atoms with Crippen molar-refractivity contribution < 1.29 is 5.21 Å². The van der Waals surface area contributed by atoms with E-state index in [1.807, 2.05) is 18.5 Å². The third-order valence-electron chi connectivity index (χ3n) is 2.92. The smallest absolute Gasteiger partial charge is 0.0798 e. The number of nitrogens with zero attached hydrogens (tertiary/aromatic N) is 2. The highest BCUT2D eigenvalue weighted by atomic mass is 16.4. The van der Waals surface area contributed by atoms with Gasteiger partial charge in [-0.1, -0.05) is 12.1 Å². The van der Waals surface area contributed by atoms with E-state index in [-0.39, 0.29) is 0 Å². The summed E-state index contributed by atoms with van der Waals surface area (Å²) in [6.07, 6.45) is 9.69. The molecule has 0 saturated carbocycles. The molecule has 0 radical (unpaired) electrons. The Kier molecular flexibility index (Phi) is 3.34. The molecule has 0 spiro atoms. The lowest BCUT2D eigenvalue weighted by molar-refractivity contribution is 0.318. The Morgan fingerprint density at radius 1 is 1.38 bits per heavy atom. The molecule has 84 valence electrons. The minimum Gasteiger partial charge on any atom is -0.411 e. The van der Waals surface area contributed by atoms with Crippen molar-refractivity contribution in [3.05, 3.63) is 35.7 Å². The zero-order valence-corrected chi connectivity index (χ0v) is 9.48. The molecule has 0 atom stereocenters. The summed E-state index contributed by atoms with van der Waals surface area (Å²) in [4.78, 5) is 4.24. The first kappa shape index (κ1) is 10.9. The highest BCUT2D eigenvalue weighted by Gasteiger charge is 2.11. The maximum absolute atomic E-state index is 8.78. The molecule has 1 aliphatic carbocycles. The average Bonchev–Trinajstić information content (AvgIpc) is 2.39. The van der Waals surface area contributed by atoms with E-state index in [1.54, 1.807) is 0 Å². The topological polar surface area (TPSA) is 45.5 Å². The van der Waals surface area contributed by atoms with Crippen LogP contribution in [0.2, 0.25) is 0 Å². The van der Waals surface area contributed by atoms with Crippen molar-refractivity contribution in [2.45, 2.75) is 32.6 Å². The minimum absolute atomic E-state index is 0.767. The molecule has 1 N–H and O–H groups in total. The number of allylic oxidation sites excluding steroid dienone is 2. The summed E-state index contributed by atoms with van der Waals surface area (Å²) in [7, 11) is 0. The van der Waals surface area contributed by atoms with E-state index in [2.05, 4.69) is 23.1 Å². The number of aromatic nitrogens is 1. The summed E-state index contributed by atoms with van der Waals surface area (Å²) >= 11 is 0. The minimum atomic E-state index is 0.767. The molecule has 1 aromatic rings. The van der Waals surface area contributed by atoms with Gasteiger partial charge in [-0.05, 0) is 54.5 Å². The molecule has 2 rings (SSSR count). The van der Waals surface area contributed by atoms with E-state index in [1.165, 1.54) is 11.1 Å². The van der Waals surface area contributed by atoms with Crippen LogP contribution in [0.15, 0.2) is 29.7 Å². The van der Waals surface area contributed by atoms with Crippen molar-refractivity contribution in [3.63, 3.8) is 0 Å². The molecule has 1 aromatic heterocycles. The van der Waals surface area contributed by atoms with Gasteiger partial charge in [0.2, 0.25) is 0 Å². The van der Waals surface area contributed by atoms with Gasteiger partial charge >= 0.3 is 0 Å². The number of oxime groups is 1. The highest BCUT2D eigenvalue weighted by Crippen LogP contribution is 2.25. The fraction of sp³-hybridized carbons (Fsp3) is 0.385. The van der Waals surface area contributed by atoms with E-state index >= 15 is 0 Å². The summed E-state index contributed by atoms with van der Waals surface area (Å²) in [5.74, 6) is 0. The van der Waals surface area contributed by atoms with Crippen LogP contribution in [0.5, 0.6) is 0 Å². The molecule has 0 amide bonds. The predicted octanol–water partition coefficient (Wildman–Crippen LogP) is 3.04. The van der Waals surface area contributed by atoms with Gasteiger partial charge in [-0.15, -0.1) is 0 Å². The first-order valence-corrected chi connectivity index (χ1v) is 5.69. The normalized spacial score (nSPS) is 18.6. The molecule has 1 heterocycles. The first-order chi connectivity index (χ1) is 7.83. The van der Waals surface area contributed by atoms with Crippen LogP contribution in [-0.4, -0.2) is 15.9 Å². The summed E-state index contributed by atoms with van der Waals surface area (Å²) in [6.45, 7) is 2.12. The fourth-order valence-electron chi connectivity index (χ4n) is 1.97. The van der Waals surface area contributed by atoms with Crippen LogP contribution in [0.4, 0.5) is 0 Å². The molecule has 3 nitrogen and oxygen atoms in total. The van der Waals surface area contributed by atoms with E-state index in [0.717, 1.165) is 37.0 Å². The summed E-state index contributed by atoms with van der Waals surface area (Å²) in [5.41, 5.74) is 4.39. The molecule has 0 aromatic carbocycles. The number of hydrogen-bond donors (Lipinski definition) is 1. The maximum atomic E-state index is 8.78. The average molecular weight is 216 g/mol. The number of hydrogen-bond acceptors (Lipinski definition) is 3. The molecular formula is C13H16N2O. The molecule has 0 aliphatic heterocycles. The fourth-order valence-corrected chi connectivity index (χ4v) is 1.97. The van der Waals surface area contributed by atoms with Crippen molar-refractivity contribution in [1.29, 1.82) is 0 Å². The van der Waals surface area contributed by atoms with Crippen LogP contribution < -0.4 is 0 Å². The second-order valence-corrected chi connectivity index (χ2v) is 4.05. The zero-order chi connectivity index (χ0) is 11.4. The molecule has 3 heteroatoms. The Morgan fingerprint density at radius 2 is 2.25 bits per heavy atom. The van der Waals surface area contributed by atoms with Crippen LogP contribution in [0.25, 0.3) is 5.57 Å². The molecular weight excluding hydrogens is 200 g/mol. The molecule has 1 aliphatic rings. The van der Waals surface area contributed by atoms with Crippen LogP contribution in [0, 0.1) is 0 Å². The van der Waals surface area contributed by atoms with Gasteiger partial charge in [0, 0.05) is 12.4 Å². The van der Waals surface area contributed by atoms with Crippen molar-refractivity contribution >= 4 is 11.3 Å². The van der Waals surface area contributed by atoms with Crippen molar-refractivity contribution in [1.82, 2.24) is 4.98 Å². The lowest BCUT2D eigenvalue weighted by Gasteiger charge is -2.13. The Balaban J connectivity index is 2.32. The second-order valence-electron chi connectivity index (χ2n) is 4.05. The molecule has 0 unspecified atom stereocenters. The third-order valence-corrected chi connectivity index (χ3v) is 2.92. The molecule has 0 bridgehead atoms. The zero-order valence-electron chi connectivity index (χ0n) is 9.48. The number of aryl methyl sites for hydroxylation is 1. The lowest BCUT2D eigenvalue weighted by atomic mass is 9.93. The summed E-state index contributed by atoms with van der Waals surface area (Å²) in [6, 6.07) is 2.17. The van der Waals surface area contributed by atoms with Gasteiger partial charge in [0.05, 0.1) is 5.71 Å². The van der Waals surface area contributed by atoms with Gasteiger partial charge in [-0.3, -0.25) is 4.98 Å². The largest absolute Gasteiger partial charge is 0.411 e. The summed E-state index contributed by atoms with van der Waals surface area (Å²) in [5, 5.41) is 12.1. The molecule has 0 saturated heterocycles. The highest BCUT2D eigenvalue weighted by molar-refractivity contribution is 6.01. The van der Waals surface area contributed by atoms with E-state index < -0.39 is 0 Å². The van der Waals surface area contributed by atoms with Gasteiger partial charge in [0.15, 0.2) is 0 Å². The van der Waals surface area contributed by atoms with Gasteiger partial charge in [0.1, 0.15) is 0 Å². The monoisotopic (exact) mass is 216 g/mol. The summed E-state index contributed by atoms with van der Waals surface area (Å²) < 4.78 is 0. The predicted molar refractivity (Wildman–Crippen MR) is 64.7 cm³/mol. The van der Waals surface area contributed by atoms with Crippen LogP contribution >= 0.6 is 0 Å². The Labute approximate surface area is 95.5 Å². The Hall–Kier alpha value is -1.64. The van der Waals surface area contributed by atoms with Crippen molar-refractivity contribution in [3.8, 4) is 0 Å². The number of pyridine rings is 1. The van der Waals surface area contributed by atoms with E-state index in [0.29, 0.717) is 0 Å². The SMILES string of the molecule is CCc1cncc(C2=CC(=NO)CCC2)c1. The second kappa shape index (κ2) is 4.92. The standard InChI is InChI=1S/C13H16N2O/c1-2-10-6-12(9-14-8-10)11-4-3-5-13(7-11)15-16/h6-9,16H,2-5H2,1H3. The van der Waals surface area contributed by atoms with Crippen LogP contribution in [0.3, 0.4) is 0 Å². The van der Waals surface area contributed by atoms with E-state index in [9.17, 15) is 0 Å². The first-order valence-electron chi connectivity index (χ1n) is 5.69. The van der Waals surface area contributed by atoms with Gasteiger partial charge in [0.25, 0.3) is 0 Å². The van der Waals surface area contributed by atoms with E-state index in [4.69, 9.17) is 5.21 Å². The van der Waals surface area contributed by atoms with Gasteiger partial charge < -0.3 is 5.21 Å². The number of rotatable bonds is 2. The van der Waals surface area contributed by atoms with Crippen molar-refractivity contribution in [2.24, 2.45) is 5.16 Å². The van der Waals surface area contributed by atoms with Crippen molar-refractivity contribution in [2.75, 3.05) is 0 Å². The lowest BCUT2D eigenvalue weighted by Crippen LogP contribution is -2.03. The Bertz CT molecular complexity index is 435. The quantitative estimate of drug-likeness (QED) is 0.610. The Morgan fingerprint density at radius 3 is 3.00 bits per heavy atom. The third kappa shape index (κ3) is 2.30. The van der Waals surface area contributed by atoms with Gasteiger partial charge in [-0.25, -0.2) is 0 Å².